The third-order valence-electron chi connectivity index (χ3n) is 7.79. The van der Waals surface area contributed by atoms with Gasteiger partial charge in [0.05, 0.1) is 29.1 Å². The molecule has 4 rings (SSSR count). The first-order valence-electron chi connectivity index (χ1n) is 15.5. The lowest BCUT2D eigenvalue weighted by molar-refractivity contribution is -0.130. The highest BCUT2D eigenvalue weighted by molar-refractivity contribution is 6.30. The highest BCUT2D eigenvalue weighted by Crippen LogP contribution is 2.42. The second-order valence-electron chi connectivity index (χ2n) is 13.5. The zero-order valence-corrected chi connectivity index (χ0v) is 28.7. The number of hydrogen-bond acceptors (Lipinski definition) is 8. The number of amides is 2. The van der Waals surface area contributed by atoms with Gasteiger partial charge < -0.3 is 30.3 Å². The monoisotopic (exact) mass is 650 g/mol. The van der Waals surface area contributed by atoms with Gasteiger partial charge in [0.2, 0.25) is 5.91 Å². The molecule has 0 spiro atoms. The van der Waals surface area contributed by atoms with E-state index >= 15 is 0 Å². The van der Waals surface area contributed by atoms with Gasteiger partial charge in [0, 0.05) is 50.6 Å². The van der Waals surface area contributed by atoms with E-state index in [1.165, 1.54) is 6.20 Å². The Labute approximate surface area is 277 Å². The lowest BCUT2D eigenvalue weighted by Crippen LogP contribution is -2.51. The van der Waals surface area contributed by atoms with Crippen molar-refractivity contribution >= 4 is 35.3 Å². The van der Waals surface area contributed by atoms with Crippen LogP contribution in [0.4, 0.5) is 4.79 Å². The summed E-state index contributed by atoms with van der Waals surface area (Å²) >= 11 is 6.67. The molecule has 1 fully saturated rings. The SMILES string of the molecule is C=CN(C)/C(=C\N)C(NC(=O)COC(C)(C)C)C1=Cc2cccnc2C(N2CCN(C(=O)OC(C)(C)C)CC2)c2ccc(Cl)cc21. The number of nitrogens with zero attached hydrogens (tertiary/aromatic N) is 4. The summed E-state index contributed by atoms with van der Waals surface area (Å²) in [5.74, 6) is -0.299. The lowest BCUT2D eigenvalue weighted by atomic mass is 9.89. The maximum atomic E-state index is 13.4. The number of carbonyl (C=O) groups excluding carboxylic acids is 2. The summed E-state index contributed by atoms with van der Waals surface area (Å²) in [6, 6.07) is 8.79. The summed E-state index contributed by atoms with van der Waals surface area (Å²) in [5.41, 5.74) is 10.2. The molecule has 1 aliphatic heterocycles. The van der Waals surface area contributed by atoms with E-state index < -0.39 is 17.2 Å². The second-order valence-corrected chi connectivity index (χ2v) is 13.9. The third kappa shape index (κ3) is 8.48. The van der Waals surface area contributed by atoms with Crippen LogP contribution in [-0.4, -0.2) is 88.8 Å². The van der Waals surface area contributed by atoms with Crippen molar-refractivity contribution in [2.24, 2.45) is 5.73 Å². The Hall–Kier alpha value is -3.86. The van der Waals surface area contributed by atoms with Gasteiger partial charge in [-0.1, -0.05) is 30.3 Å². The van der Waals surface area contributed by atoms with Crippen LogP contribution < -0.4 is 11.1 Å². The molecule has 3 N–H and O–H groups in total. The minimum absolute atomic E-state index is 0.131. The average Bonchev–Trinajstić information content (AvgIpc) is 3.13. The minimum atomic E-state index is -0.683. The Bertz CT molecular complexity index is 1500. The van der Waals surface area contributed by atoms with Gasteiger partial charge in [0.1, 0.15) is 12.2 Å². The topological polar surface area (TPSA) is 113 Å². The quantitative estimate of drug-likeness (QED) is 0.390. The first-order chi connectivity index (χ1) is 21.6. The number of ether oxygens (including phenoxy) is 2. The van der Waals surface area contributed by atoms with Crippen LogP contribution in [0.15, 0.2) is 61.2 Å². The summed E-state index contributed by atoms with van der Waals surface area (Å²) in [5, 5.41) is 3.72. The van der Waals surface area contributed by atoms with Crippen LogP contribution in [0, 0.1) is 0 Å². The summed E-state index contributed by atoms with van der Waals surface area (Å²) in [7, 11) is 1.83. The zero-order chi connectivity index (χ0) is 33.8. The Balaban J connectivity index is 1.80. The number of piperazine rings is 1. The van der Waals surface area contributed by atoms with E-state index in [0.29, 0.717) is 36.9 Å². The van der Waals surface area contributed by atoms with Crippen molar-refractivity contribution in [3.05, 3.63) is 88.6 Å². The minimum Gasteiger partial charge on any atom is -0.444 e. The number of nitrogens with two attached hydrogens (primary N) is 1. The van der Waals surface area contributed by atoms with Crippen LogP contribution in [0.1, 0.15) is 70.0 Å². The van der Waals surface area contributed by atoms with Crippen LogP contribution >= 0.6 is 11.6 Å². The molecule has 2 aromatic rings. The molecule has 2 aliphatic rings. The molecule has 2 unspecified atom stereocenters. The summed E-state index contributed by atoms with van der Waals surface area (Å²) in [6.07, 6.45) is 6.64. The van der Waals surface area contributed by atoms with E-state index in [0.717, 1.165) is 28.0 Å². The first kappa shape index (κ1) is 35.0. The largest absolute Gasteiger partial charge is 0.444 e. The maximum Gasteiger partial charge on any atom is 0.410 e. The van der Waals surface area contributed by atoms with Gasteiger partial charge in [-0.2, -0.15) is 0 Å². The van der Waals surface area contributed by atoms with Crippen molar-refractivity contribution in [2.75, 3.05) is 39.8 Å². The molecular formula is C35H47ClN6O4. The van der Waals surface area contributed by atoms with Crippen molar-refractivity contribution in [3.63, 3.8) is 0 Å². The van der Waals surface area contributed by atoms with E-state index in [9.17, 15) is 9.59 Å². The normalized spacial score (nSPS) is 18.0. The molecule has 0 saturated carbocycles. The number of aromatic nitrogens is 1. The summed E-state index contributed by atoms with van der Waals surface area (Å²) < 4.78 is 11.4. The number of halogens is 1. The number of carbonyl (C=O) groups is 2. The van der Waals surface area contributed by atoms with Crippen LogP contribution in [0.25, 0.3) is 11.6 Å². The van der Waals surface area contributed by atoms with Crippen molar-refractivity contribution in [3.8, 4) is 0 Å². The summed E-state index contributed by atoms with van der Waals surface area (Å²) in [4.78, 5) is 37.0. The van der Waals surface area contributed by atoms with Gasteiger partial charge in [-0.25, -0.2) is 4.79 Å². The molecule has 1 aromatic heterocycles. The fourth-order valence-electron chi connectivity index (χ4n) is 5.61. The van der Waals surface area contributed by atoms with E-state index in [1.807, 2.05) is 85.0 Å². The molecule has 1 saturated heterocycles. The van der Waals surface area contributed by atoms with Crippen LogP contribution in [0.2, 0.25) is 5.02 Å². The highest BCUT2D eigenvalue weighted by Gasteiger charge is 2.37. The molecule has 46 heavy (non-hydrogen) atoms. The molecule has 11 heteroatoms. The molecule has 1 aliphatic carbocycles. The Morgan fingerprint density at radius 1 is 1.15 bits per heavy atom. The van der Waals surface area contributed by atoms with Gasteiger partial charge in [-0.15, -0.1) is 0 Å². The molecule has 0 bridgehead atoms. The number of fused-ring (bicyclic) bond motifs is 2. The molecule has 248 valence electrons. The van der Waals surface area contributed by atoms with Crippen LogP contribution in [0.3, 0.4) is 0 Å². The van der Waals surface area contributed by atoms with Crippen molar-refractivity contribution in [1.29, 1.82) is 0 Å². The number of hydrogen-bond donors (Lipinski definition) is 2. The smallest absolute Gasteiger partial charge is 0.410 e. The number of nitrogens with one attached hydrogen (secondary N) is 1. The van der Waals surface area contributed by atoms with E-state index in [4.69, 9.17) is 31.8 Å². The second kappa shape index (κ2) is 14.3. The van der Waals surface area contributed by atoms with E-state index in [-0.39, 0.29) is 24.6 Å². The van der Waals surface area contributed by atoms with Gasteiger partial charge >= 0.3 is 6.09 Å². The molecule has 0 radical (unpaired) electrons. The standard InChI is InChI=1S/C35H47ClN6O4/c1-9-40(8)28(21-37)31(39-29(43)22-45-34(2,3)4)27-19-23-11-10-14-38-30(23)32(25-13-12-24(36)20-26(25)27)41-15-17-42(18-16-41)33(44)46-35(5,6)7/h9-14,19-21,31-32H,1,15-18,22,37H2,2-8H3,(H,39,43)/b28-21-. The Kier molecular flexibility index (Phi) is 10.9. The molecule has 1 aromatic carbocycles. The van der Waals surface area contributed by atoms with Crippen molar-refractivity contribution < 1.29 is 19.1 Å². The predicted molar refractivity (Wildman–Crippen MR) is 183 cm³/mol. The third-order valence-corrected chi connectivity index (χ3v) is 8.03. The summed E-state index contributed by atoms with van der Waals surface area (Å²) in [6.45, 7) is 17.3. The van der Waals surface area contributed by atoms with Crippen LogP contribution in [0.5, 0.6) is 0 Å². The first-order valence-corrected chi connectivity index (χ1v) is 15.9. The lowest BCUT2D eigenvalue weighted by Gasteiger charge is -2.40. The molecule has 2 atom stereocenters. The van der Waals surface area contributed by atoms with E-state index in [1.54, 1.807) is 22.2 Å². The molecule has 10 nitrogen and oxygen atoms in total. The molecular weight excluding hydrogens is 604 g/mol. The predicted octanol–water partition coefficient (Wildman–Crippen LogP) is 5.41. The van der Waals surface area contributed by atoms with Gasteiger partial charge in [-0.3, -0.25) is 14.7 Å². The molecule has 2 amide bonds. The van der Waals surface area contributed by atoms with Gasteiger partial charge in [0.15, 0.2) is 0 Å². The number of rotatable bonds is 8. The van der Waals surface area contributed by atoms with Crippen LogP contribution in [-0.2, 0) is 14.3 Å². The van der Waals surface area contributed by atoms with E-state index in [2.05, 4.69) is 16.8 Å². The van der Waals surface area contributed by atoms with Gasteiger partial charge in [-0.05, 0) is 94.3 Å². The average molecular weight is 651 g/mol. The zero-order valence-electron chi connectivity index (χ0n) is 28.0. The number of likely N-dealkylation sites (N-methyl/N-ethyl adjacent to an activating group) is 1. The van der Waals surface area contributed by atoms with Crippen molar-refractivity contribution in [2.45, 2.75) is 64.8 Å². The fraction of sp³-hybridized carbons (Fsp3) is 0.457. The number of pyridine rings is 1. The van der Waals surface area contributed by atoms with Crippen molar-refractivity contribution in [1.82, 2.24) is 25.0 Å². The maximum absolute atomic E-state index is 13.4. The molecule has 2 heterocycles. The Morgan fingerprint density at radius 3 is 2.46 bits per heavy atom. The van der Waals surface area contributed by atoms with Gasteiger partial charge in [0.25, 0.3) is 0 Å². The number of benzene rings is 1. The fourth-order valence-corrected chi connectivity index (χ4v) is 5.78. The highest BCUT2D eigenvalue weighted by atomic mass is 35.5. The Morgan fingerprint density at radius 2 is 1.85 bits per heavy atom.